The van der Waals surface area contributed by atoms with Crippen molar-refractivity contribution in [3.8, 4) is 5.75 Å². The van der Waals surface area contributed by atoms with Crippen molar-refractivity contribution in [2.45, 2.75) is 0 Å². The van der Waals surface area contributed by atoms with E-state index in [-0.39, 0.29) is 17.0 Å². The van der Waals surface area contributed by atoms with Crippen molar-refractivity contribution in [3.63, 3.8) is 0 Å². The van der Waals surface area contributed by atoms with Crippen LogP contribution in [-0.2, 0) is 4.74 Å². The van der Waals surface area contributed by atoms with Gasteiger partial charge in [0, 0.05) is 13.1 Å². The van der Waals surface area contributed by atoms with E-state index in [4.69, 9.17) is 9.57 Å². The number of ether oxygens (including phenoxy) is 1. The Morgan fingerprint density at radius 3 is 2.47 bits per heavy atom. The molecule has 0 aliphatic carbocycles. The highest BCUT2D eigenvalue weighted by atomic mass is 79.9. The number of nitrogens with one attached hydrogen (secondary N) is 1. The SMILES string of the molecule is Br.c1ccc(ONN2CCOCC2)cc1. The summed E-state index contributed by atoms with van der Waals surface area (Å²) < 4.78 is 5.21. The van der Waals surface area contributed by atoms with Crippen LogP contribution in [0.5, 0.6) is 5.75 Å². The fourth-order valence-electron chi connectivity index (χ4n) is 1.26. The maximum Gasteiger partial charge on any atom is 0.149 e. The smallest absolute Gasteiger partial charge is 0.149 e. The number of hydrogen-bond donors (Lipinski definition) is 1. The van der Waals surface area contributed by atoms with E-state index in [2.05, 4.69) is 5.59 Å². The third-order valence-corrected chi connectivity index (χ3v) is 2.05. The molecule has 1 saturated heterocycles. The molecule has 0 radical (unpaired) electrons. The fourth-order valence-corrected chi connectivity index (χ4v) is 1.26. The summed E-state index contributed by atoms with van der Waals surface area (Å²) in [7, 11) is 0. The highest BCUT2D eigenvalue weighted by Gasteiger charge is 2.09. The summed E-state index contributed by atoms with van der Waals surface area (Å²) >= 11 is 0. The Labute approximate surface area is 99.9 Å². The zero-order chi connectivity index (χ0) is 9.64. The molecule has 0 saturated carbocycles. The van der Waals surface area contributed by atoms with Gasteiger partial charge in [0.05, 0.1) is 13.2 Å². The molecule has 0 amide bonds. The van der Waals surface area contributed by atoms with Gasteiger partial charge >= 0.3 is 0 Å². The van der Waals surface area contributed by atoms with E-state index >= 15 is 0 Å². The minimum Gasteiger partial charge on any atom is -0.394 e. The molecule has 1 N–H and O–H groups in total. The van der Waals surface area contributed by atoms with Gasteiger partial charge in [0.2, 0.25) is 0 Å². The molecule has 1 aliphatic heterocycles. The van der Waals surface area contributed by atoms with Crippen LogP contribution in [0.4, 0.5) is 0 Å². The Morgan fingerprint density at radius 1 is 1.13 bits per heavy atom. The maximum absolute atomic E-state index is 5.37. The first-order valence-corrected chi connectivity index (χ1v) is 4.75. The number of nitrogens with zero attached hydrogens (tertiary/aromatic N) is 1. The van der Waals surface area contributed by atoms with E-state index in [0.29, 0.717) is 0 Å². The van der Waals surface area contributed by atoms with Gasteiger partial charge in [-0.15, -0.1) is 17.0 Å². The molecule has 15 heavy (non-hydrogen) atoms. The summed E-state index contributed by atoms with van der Waals surface area (Å²) in [5, 5.41) is 2.00. The monoisotopic (exact) mass is 274 g/mol. The number of rotatable bonds is 3. The Hall–Kier alpha value is -0.620. The van der Waals surface area contributed by atoms with Gasteiger partial charge < -0.3 is 9.57 Å². The molecule has 2 rings (SSSR count). The van der Waals surface area contributed by atoms with E-state index in [1.54, 1.807) is 0 Å². The van der Waals surface area contributed by atoms with E-state index in [0.717, 1.165) is 32.1 Å². The van der Waals surface area contributed by atoms with Crippen molar-refractivity contribution in [1.29, 1.82) is 0 Å². The molecule has 1 fully saturated rings. The van der Waals surface area contributed by atoms with Crippen molar-refractivity contribution in [1.82, 2.24) is 10.6 Å². The van der Waals surface area contributed by atoms with E-state index in [1.165, 1.54) is 0 Å². The molecule has 84 valence electrons. The van der Waals surface area contributed by atoms with Crippen LogP contribution in [-0.4, -0.2) is 31.3 Å². The summed E-state index contributed by atoms with van der Waals surface area (Å²) in [5.74, 6) is 0.819. The zero-order valence-corrected chi connectivity index (χ0v) is 10.1. The Bertz CT molecular complexity index is 265. The highest BCUT2D eigenvalue weighted by Crippen LogP contribution is 2.06. The van der Waals surface area contributed by atoms with Gasteiger partial charge in [-0.2, -0.15) is 0 Å². The van der Waals surface area contributed by atoms with Crippen LogP contribution in [0.3, 0.4) is 0 Å². The van der Waals surface area contributed by atoms with Crippen molar-refractivity contribution in [3.05, 3.63) is 30.3 Å². The van der Waals surface area contributed by atoms with Crippen LogP contribution in [0.25, 0.3) is 0 Å². The number of halogens is 1. The molecule has 1 aromatic carbocycles. The van der Waals surface area contributed by atoms with Crippen LogP contribution in [0, 0.1) is 0 Å². The average molecular weight is 275 g/mol. The minimum atomic E-state index is 0. The molecule has 1 aliphatic rings. The predicted molar refractivity (Wildman–Crippen MR) is 62.9 cm³/mol. The lowest BCUT2D eigenvalue weighted by Gasteiger charge is -2.26. The second-order valence-corrected chi connectivity index (χ2v) is 3.11. The predicted octanol–water partition coefficient (Wildman–Crippen LogP) is 1.40. The largest absolute Gasteiger partial charge is 0.394 e. The molecule has 4 nitrogen and oxygen atoms in total. The third-order valence-electron chi connectivity index (χ3n) is 2.05. The number of morpholine rings is 1. The lowest BCUT2D eigenvalue weighted by Crippen LogP contribution is -2.47. The van der Waals surface area contributed by atoms with Crippen molar-refractivity contribution in [2.24, 2.45) is 0 Å². The van der Waals surface area contributed by atoms with Gasteiger partial charge in [-0.1, -0.05) is 23.8 Å². The van der Waals surface area contributed by atoms with Gasteiger partial charge in [-0.05, 0) is 12.1 Å². The average Bonchev–Trinajstić information content (AvgIpc) is 2.29. The van der Waals surface area contributed by atoms with Gasteiger partial charge in [-0.3, -0.25) is 0 Å². The Balaban J connectivity index is 0.00000112. The summed E-state index contributed by atoms with van der Waals surface area (Å²) in [5.41, 5.74) is 2.89. The van der Waals surface area contributed by atoms with Crippen molar-refractivity contribution < 1.29 is 9.57 Å². The van der Waals surface area contributed by atoms with Crippen LogP contribution >= 0.6 is 17.0 Å². The first-order chi connectivity index (χ1) is 6.95. The quantitative estimate of drug-likeness (QED) is 0.845. The molecule has 1 heterocycles. The molecule has 0 aromatic heterocycles. The first-order valence-electron chi connectivity index (χ1n) is 4.75. The highest BCUT2D eigenvalue weighted by molar-refractivity contribution is 8.93. The van der Waals surface area contributed by atoms with Crippen LogP contribution < -0.4 is 10.4 Å². The summed E-state index contributed by atoms with van der Waals surface area (Å²) in [6.45, 7) is 3.22. The molecular weight excluding hydrogens is 260 g/mol. The van der Waals surface area contributed by atoms with Gasteiger partial charge in [0.1, 0.15) is 5.75 Å². The molecule has 0 bridgehead atoms. The summed E-state index contributed by atoms with van der Waals surface area (Å²) in [6.07, 6.45) is 0. The second kappa shape index (κ2) is 6.79. The van der Waals surface area contributed by atoms with Crippen LogP contribution in [0.1, 0.15) is 0 Å². The molecular formula is C10H15BrN2O2. The second-order valence-electron chi connectivity index (χ2n) is 3.11. The van der Waals surface area contributed by atoms with Crippen molar-refractivity contribution >= 4 is 17.0 Å². The lowest BCUT2D eigenvalue weighted by molar-refractivity contribution is -0.0614. The fraction of sp³-hybridized carbons (Fsp3) is 0.400. The lowest BCUT2D eigenvalue weighted by atomic mass is 10.3. The minimum absolute atomic E-state index is 0. The van der Waals surface area contributed by atoms with Crippen molar-refractivity contribution in [2.75, 3.05) is 26.3 Å². The Morgan fingerprint density at radius 2 is 1.80 bits per heavy atom. The Kier molecular flexibility index (Phi) is 5.63. The van der Waals surface area contributed by atoms with Crippen LogP contribution in [0.2, 0.25) is 0 Å². The molecule has 1 aromatic rings. The standard InChI is InChI=1S/C10H14N2O2.BrH/c1-2-4-10(5-3-1)14-11-12-6-8-13-9-7-12;/h1-5,11H,6-9H2;1H. The summed E-state index contributed by atoms with van der Waals surface area (Å²) in [4.78, 5) is 5.37. The number of benzene rings is 1. The third kappa shape index (κ3) is 4.17. The van der Waals surface area contributed by atoms with Gasteiger partial charge in [-0.25, -0.2) is 5.01 Å². The number of hydrazine groups is 1. The molecule has 0 atom stereocenters. The number of para-hydroxylation sites is 1. The topological polar surface area (TPSA) is 33.7 Å². The van der Waals surface area contributed by atoms with E-state index < -0.39 is 0 Å². The van der Waals surface area contributed by atoms with Crippen LogP contribution in [0.15, 0.2) is 30.3 Å². The number of hydrogen-bond acceptors (Lipinski definition) is 4. The van der Waals surface area contributed by atoms with E-state index in [1.807, 2.05) is 35.3 Å². The van der Waals surface area contributed by atoms with E-state index in [9.17, 15) is 0 Å². The van der Waals surface area contributed by atoms with Gasteiger partial charge in [0.25, 0.3) is 0 Å². The normalized spacial score (nSPS) is 16.8. The molecule has 5 heteroatoms. The first kappa shape index (κ1) is 12.4. The summed E-state index contributed by atoms with van der Waals surface area (Å²) in [6, 6.07) is 9.66. The maximum atomic E-state index is 5.37. The molecule has 0 spiro atoms. The zero-order valence-electron chi connectivity index (χ0n) is 8.39. The molecule has 0 unspecified atom stereocenters. The van der Waals surface area contributed by atoms with Gasteiger partial charge in [0.15, 0.2) is 0 Å².